The van der Waals surface area contributed by atoms with Crippen molar-refractivity contribution in [2.45, 2.75) is 12.8 Å². The fourth-order valence-corrected chi connectivity index (χ4v) is 1.78. The second kappa shape index (κ2) is 4.29. The summed E-state index contributed by atoms with van der Waals surface area (Å²) < 4.78 is 0. The van der Waals surface area contributed by atoms with Crippen molar-refractivity contribution in [1.82, 2.24) is 5.43 Å². The maximum absolute atomic E-state index is 3.77. The zero-order valence-corrected chi connectivity index (χ0v) is 8.37. The molecule has 1 aromatic rings. The minimum Gasteiger partial charge on any atom is -0.305 e. The molecule has 1 aliphatic heterocycles. The molecule has 0 atom stereocenters. The standard InChI is InChI=1S/C12H16N2/c1-2-9-14-12-7-3-5-11(10-12)6-4-8-13-14/h2-3,5,7,10,13H,1,4,6,8-9H2. The van der Waals surface area contributed by atoms with E-state index < -0.39 is 0 Å². The Morgan fingerprint density at radius 3 is 3.29 bits per heavy atom. The van der Waals surface area contributed by atoms with Crippen LogP contribution in [-0.4, -0.2) is 13.1 Å². The quantitative estimate of drug-likeness (QED) is 0.715. The van der Waals surface area contributed by atoms with E-state index in [0.29, 0.717) is 0 Å². The summed E-state index contributed by atoms with van der Waals surface area (Å²) in [5.74, 6) is 0. The predicted molar refractivity (Wildman–Crippen MR) is 60.3 cm³/mol. The summed E-state index contributed by atoms with van der Waals surface area (Å²) in [5, 5.41) is 2.15. The number of aryl methyl sites for hydroxylation is 1. The molecule has 0 amide bonds. The van der Waals surface area contributed by atoms with Crippen molar-refractivity contribution in [1.29, 1.82) is 0 Å². The van der Waals surface area contributed by atoms with Crippen molar-refractivity contribution < 1.29 is 0 Å². The van der Waals surface area contributed by atoms with E-state index in [0.717, 1.165) is 13.1 Å². The van der Waals surface area contributed by atoms with Gasteiger partial charge in [0.05, 0.1) is 12.2 Å². The summed E-state index contributed by atoms with van der Waals surface area (Å²) in [7, 11) is 0. The Kier molecular flexibility index (Phi) is 2.84. The highest BCUT2D eigenvalue weighted by molar-refractivity contribution is 5.48. The van der Waals surface area contributed by atoms with Gasteiger partial charge in [-0.25, -0.2) is 5.43 Å². The molecule has 2 heteroatoms. The average molecular weight is 188 g/mol. The monoisotopic (exact) mass is 188 g/mol. The summed E-state index contributed by atoms with van der Waals surface area (Å²) in [6.07, 6.45) is 4.28. The number of nitrogens with one attached hydrogen (secondary N) is 1. The molecule has 1 aliphatic rings. The number of hydrazine groups is 1. The van der Waals surface area contributed by atoms with Gasteiger partial charge in [0.2, 0.25) is 0 Å². The predicted octanol–water partition coefficient (Wildman–Crippen LogP) is 2.13. The second-order valence-corrected chi connectivity index (χ2v) is 3.58. The van der Waals surface area contributed by atoms with E-state index >= 15 is 0 Å². The van der Waals surface area contributed by atoms with Gasteiger partial charge in [-0.1, -0.05) is 18.2 Å². The third-order valence-electron chi connectivity index (χ3n) is 2.48. The third kappa shape index (κ3) is 1.96. The van der Waals surface area contributed by atoms with Crippen molar-refractivity contribution in [3.63, 3.8) is 0 Å². The average Bonchev–Trinajstić information content (AvgIpc) is 2.21. The van der Waals surface area contributed by atoms with Gasteiger partial charge in [0.15, 0.2) is 0 Å². The summed E-state index contributed by atoms with van der Waals surface area (Å²) in [5.41, 5.74) is 6.06. The zero-order chi connectivity index (χ0) is 9.80. The van der Waals surface area contributed by atoms with Crippen LogP contribution in [0.3, 0.4) is 0 Å². The molecule has 0 unspecified atom stereocenters. The Morgan fingerprint density at radius 2 is 2.43 bits per heavy atom. The summed E-state index contributed by atoms with van der Waals surface area (Å²) in [4.78, 5) is 0. The highest BCUT2D eigenvalue weighted by atomic mass is 15.5. The molecule has 0 saturated carbocycles. The Morgan fingerprint density at radius 1 is 1.50 bits per heavy atom. The second-order valence-electron chi connectivity index (χ2n) is 3.58. The Bertz CT molecular complexity index is 320. The number of hydrogen-bond acceptors (Lipinski definition) is 2. The van der Waals surface area contributed by atoms with Crippen molar-refractivity contribution in [3.05, 3.63) is 42.5 Å². The maximum atomic E-state index is 3.77. The lowest BCUT2D eigenvalue weighted by Crippen LogP contribution is -2.39. The van der Waals surface area contributed by atoms with E-state index in [9.17, 15) is 0 Å². The highest BCUT2D eigenvalue weighted by Crippen LogP contribution is 2.17. The summed E-state index contributed by atoms with van der Waals surface area (Å²) >= 11 is 0. The Labute approximate surface area is 85.2 Å². The molecule has 0 fully saturated rings. The number of nitrogens with zero attached hydrogens (tertiary/aromatic N) is 1. The van der Waals surface area contributed by atoms with E-state index in [1.807, 2.05) is 6.08 Å². The van der Waals surface area contributed by atoms with Gasteiger partial charge in [-0.05, 0) is 30.5 Å². The van der Waals surface area contributed by atoms with Crippen LogP contribution in [0.4, 0.5) is 5.69 Å². The number of hydrogen-bond donors (Lipinski definition) is 1. The van der Waals surface area contributed by atoms with Gasteiger partial charge in [-0.3, -0.25) is 0 Å². The lowest BCUT2D eigenvalue weighted by molar-refractivity contribution is 0.613. The lowest BCUT2D eigenvalue weighted by atomic mass is 10.1. The fraction of sp³-hybridized carbons (Fsp3) is 0.333. The number of fused-ring (bicyclic) bond motifs is 2. The zero-order valence-electron chi connectivity index (χ0n) is 8.37. The van der Waals surface area contributed by atoms with E-state index in [4.69, 9.17) is 0 Å². The van der Waals surface area contributed by atoms with Crippen LogP contribution >= 0.6 is 0 Å². The number of anilines is 1. The molecule has 1 aromatic carbocycles. The van der Waals surface area contributed by atoms with Crippen LogP contribution in [0.1, 0.15) is 12.0 Å². The van der Waals surface area contributed by atoms with Gasteiger partial charge < -0.3 is 5.01 Å². The van der Waals surface area contributed by atoms with E-state index in [1.54, 1.807) is 0 Å². The van der Waals surface area contributed by atoms with Crippen LogP contribution in [0.2, 0.25) is 0 Å². The van der Waals surface area contributed by atoms with E-state index in [2.05, 4.69) is 41.3 Å². The first-order chi connectivity index (χ1) is 6.90. The Balaban J connectivity index is 2.27. The molecular weight excluding hydrogens is 172 g/mol. The molecule has 1 heterocycles. The first-order valence-electron chi connectivity index (χ1n) is 5.11. The van der Waals surface area contributed by atoms with Crippen molar-refractivity contribution in [3.8, 4) is 0 Å². The highest BCUT2D eigenvalue weighted by Gasteiger charge is 2.07. The smallest absolute Gasteiger partial charge is 0.0526 e. The minimum atomic E-state index is 0.851. The summed E-state index contributed by atoms with van der Waals surface area (Å²) in [6.45, 7) is 5.66. The van der Waals surface area contributed by atoms with Crippen molar-refractivity contribution in [2.24, 2.45) is 0 Å². The largest absolute Gasteiger partial charge is 0.305 e. The van der Waals surface area contributed by atoms with E-state index in [1.165, 1.54) is 24.1 Å². The molecule has 0 saturated heterocycles. The molecule has 0 aromatic heterocycles. The fourth-order valence-electron chi connectivity index (χ4n) is 1.78. The maximum Gasteiger partial charge on any atom is 0.0526 e. The number of rotatable bonds is 2. The van der Waals surface area contributed by atoms with Gasteiger partial charge in [-0.2, -0.15) is 0 Å². The topological polar surface area (TPSA) is 15.3 Å². The molecule has 0 aliphatic carbocycles. The van der Waals surface area contributed by atoms with Crippen molar-refractivity contribution in [2.75, 3.05) is 18.1 Å². The molecule has 14 heavy (non-hydrogen) atoms. The van der Waals surface area contributed by atoms with Gasteiger partial charge >= 0.3 is 0 Å². The first-order valence-corrected chi connectivity index (χ1v) is 5.11. The van der Waals surface area contributed by atoms with Gasteiger partial charge in [0, 0.05) is 6.54 Å². The molecule has 2 bridgehead atoms. The van der Waals surface area contributed by atoms with Crippen LogP contribution in [0.15, 0.2) is 36.9 Å². The van der Waals surface area contributed by atoms with Gasteiger partial charge in [0.1, 0.15) is 0 Å². The first kappa shape index (κ1) is 9.28. The molecule has 1 N–H and O–H groups in total. The minimum absolute atomic E-state index is 0.851. The van der Waals surface area contributed by atoms with Crippen molar-refractivity contribution >= 4 is 5.69 Å². The lowest BCUT2D eigenvalue weighted by Gasteiger charge is -2.26. The molecule has 0 radical (unpaired) electrons. The van der Waals surface area contributed by atoms with Crippen LogP contribution in [0.25, 0.3) is 0 Å². The van der Waals surface area contributed by atoms with Crippen LogP contribution in [-0.2, 0) is 6.42 Å². The normalized spacial score (nSPS) is 15.9. The summed E-state index contributed by atoms with van der Waals surface area (Å²) in [6, 6.07) is 8.69. The van der Waals surface area contributed by atoms with E-state index in [-0.39, 0.29) is 0 Å². The van der Waals surface area contributed by atoms with Crippen LogP contribution in [0.5, 0.6) is 0 Å². The third-order valence-corrected chi connectivity index (χ3v) is 2.48. The van der Waals surface area contributed by atoms with Gasteiger partial charge in [0.25, 0.3) is 0 Å². The molecular formula is C12H16N2. The molecule has 0 spiro atoms. The SMILES string of the molecule is C=CCN1NCCCc2cccc1c2. The van der Waals surface area contributed by atoms with Crippen LogP contribution in [0, 0.1) is 0 Å². The molecule has 2 nitrogen and oxygen atoms in total. The Hall–Kier alpha value is -1.28. The van der Waals surface area contributed by atoms with Crippen LogP contribution < -0.4 is 10.4 Å². The molecule has 2 rings (SSSR count). The van der Waals surface area contributed by atoms with Gasteiger partial charge in [-0.15, -0.1) is 6.58 Å². The molecule has 74 valence electrons. The number of benzene rings is 1.